The van der Waals surface area contributed by atoms with Crippen LogP contribution in [0.15, 0.2) is 18.2 Å². The van der Waals surface area contributed by atoms with Crippen LogP contribution in [0.25, 0.3) is 0 Å². The molecule has 0 saturated heterocycles. The second-order valence-electron chi connectivity index (χ2n) is 3.56. The number of hydrogen-bond acceptors (Lipinski definition) is 5. The van der Waals surface area contributed by atoms with Crippen molar-refractivity contribution >= 4 is 11.7 Å². The molecule has 0 aliphatic carbocycles. The van der Waals surface area contributed by atoms with Crippen LogP contribution in [0.2, 0.25) is 0 Å². The Bertz CT molecular complexity index is 452. The Labute approximate surface area is 99.6 Å². The van der Waals surface area contributed by atoms with E-state index in [9.17, 15) is 4.79 Å². The van der Waals surface area contributed by atoms with E-state index in [0.29, 0.717) is 11.3 Å². The molecule has 0 radical (unpaired) electrons. The van der Waals surface area contributed by atoms with Gasteiger partial charge < -0.3 is 15.2 Å². The number of esters is 1. The number of aliphatic hydroxyl groups is 1. The highest BCUT2D eigenvalue weighted by molar-refractivity contribution is 5.97. The first-order valence-corrected chi connectivity index (χ1v) is 5.12. The lowest BCUT2D eigenvalue weighted by molar-refractivity contribution is 0.0601. The van der Waals surface area contributed by atoms with Crippen LogP contribution >= 0.6 is 0 Å². The fourth-order valence-electron chi connectivity index (χ4n) is 1.37. The predicted octanol–water partition coefficient (Wildman–Crippen LogP) is 1.14. The molecule has 0 saturated carbocycles. The zero-order valence-electron chi connectivity index (χ0n) is 9.73. The minimum absolute atomic E-state index is 0.0968. The molecule has 0 bridgehead atoms. The van der Waals surface area contributed by atoms with Gasteiger partial charge in [-0.1, -0.05) is 6.07 Å². The number of aliphatic hydroxyl groups excluding tert-OH is 1. The molecule has 1 aromatic carbocycles. The molecular weight excluding hydrogens is 220 g/mol. The Kier molecular flexibility index (Phi) is 4.49. The van der Waals surface area contributed by atoms with E-state index in [1.165, 1.54) is 7.11 Å². The van der Waals surface area contributed by atoms with Gasteiger partial charge in [-0.2, -0.15) is 5.26 Å². The third kappa shape index (κ3) is 2.95. The Morgan fingerprint density at radius 3 is 2.88 bits per heavy atom. The second kappa shape index (κ2) is 5.87. The molecule has 0 aromatic heterocycles. The summed E-state index contributed by atoms with van der Waals surface area (Å²) in [6, 6.07) is 6.51. The summed E-state index contributed by atoms with van der Waals surface area (Å²) < 4.78 is 4.64. The van der Waals surface area contributed by atoms with Gasteiger partial charge in [-0.15, -0.1) is 0 Å². The van der Waals surface area contributed by atoms with Gasteiger partial charge in [0.25, 0.3) is 0 Å². The van der Waals surface area contributed by atoms with E-state index in [1.54, 1.807) is 25.1 Å². The number of nitrogens with one attached hydrogen (secondary N) is 1. The molecule has 5 heteroatoms. The number of carbonyl (C=O) groups is 1. The SMILES string of the molecule is COC(=O)c1cccc(C#N)c1N[C@@H](C)CO. The molecule has 0 aliphatic rings. The van der Waals surface area contributed by atoms with Gasteiger partial charge in [0.1, 0.15) is 6.07 Å². The Balaban J connectivity index is 3.21. The fraction of sp³-hybridized carbons (Fsp3) is 0.333. The molecule has 1 atom stereocenters. The number of methoxy groups -OCH3 is 1. The summed E-state index contributed by atoms with van der Waals surface area (Å²) in [5.74, 6) is -0.519. The first-order chi connectivity index (χ1) is 8.13. The third-order valence-corrected chi connectivity index (χ3v) is 2.25. The van der Waals surface area contributed by atoms with Crippen LogP contribution in [0.5, 0.6) is 0 Å². The summed E-state index contributed by atoms with van der Waals surface area (Å²) in [5, 5.41) is 20.9. The smallest absolute Gasteiger partial charge is 0.340 e. The number of ether oxygens (including phenoxy) is 1. The molecule has 17 heavy (non-hydrogen) atoms. The van der Waals surface area contributed by atoms with E-state index in [1.807, 2.05) is 6.07 Å². The Morgan fingerprint density at radius 2 is 2.35 bits per heavy atom. The first-order valence-electron chi connectivity index (χ1n) is 5.12. The summed E-state index contributed by atoms with van der Waals surface area (Å²) >= 11 is 0. The van der Waals surface area contributed by atoms with Crippen molar-refractivity contribution in [2.45, 2.75) is 13.0 Å². The van der Waals surface area contributed by atoms with E-state index in [2.05, 4.69) is 10.1 Å². The van der Waals surface area contributed by atoms with E-state index in [0.717, 1.165) is 0 Å². The van der Waals surface area contributed by atoms with Gasteiger partial charge in [0.15, 0.2) is 0 Å². The molecule has 0 aliphatic heterocycles. The maximum atomic E-state index is 11.5. The van der Waals surface area contributed by atoms with Crippen LogP contribution in [0.3, 0.4) is 0 Å². The van der Waals surface area contributed by atoms with Gasteiger partial charge in [-0.25, -0.2) is 4.79 Å². The van der Waals surface area contributed by atoms with E-state index in [-0.39, 0.29) is 18.2 Å². The van der Waals surface area contributed by atoms with Gasteiger partial charge in [0.2, 0.25) is 0 Å². The van der Waals surface area contributed by atoms with Crippen LogP contribution in [-0.4, -0.2) is 30.8 Å². The number of benzene rings is 1. The van der Waals surface area contributed by atoms with Crippen molar-refractivity contribution in [3.8, 4) is 6.07 Å². The van der Waals surface area contributed by atoms with E-state index < -0.39 is 5.97 Å². The summed E-state index contributed by atoms with van der Waals surface area (Å²) in [6.07, 6.45) is 0. The lowest BCUT2D eigenvalue weighted by atomic mass is 10.1. The summed E-state index contributed by atoms with van der Waals surface area (Å²) in [7, 11) is 1.28. The second-order valence-corrected chi connectivity index (χ2v) is 3.56. The fourth-order valence-corrected chi connectivity index (χ4v) is 1.37. The number of carbonyl (C=O) groups excluding carboxylic acids is 1. The van der Waals surface area contributed by atoms with E-state index in [4.69, 9.17) is 10.4 Å². The normalized spacial score (nSPS) is 11.4. The van der Waals surface area contributed by atoms with Crippen LogP contribution in [0.4, 0.5) is 5.69 Å². The van der Waals surface area contributed by atoms with Gasteiger partial charge >= 0.3 is 5.97 Å². The third-order valence-electron chi connectivity index (χ3n) is 2.25. The van der Waals surface area contributed by atoms with Crippen molar-refractivity contribution in [2.75, 3.05) is 19.0 Å². The highest BCUT2D eigenvalue weighted by Crippen LogP contribution is 2.22. The van der Waals surface area contributed by atoms with Crippen LogP contribution in [-0.2, 0) is 4.74 Å². The molecule has 1 rings (SSSR count). The van der Waals surface area contributed by atoms with Gasteiger partial charge in [0.05, 0.1) is 30.5 Å². The van der Waals surface area contributed by atoms with Crippen molar-refractivity contribution < 1.29 is 14.6 Å². The molecule has 0 amide bonds. The monoisotopic (exact) mass is 234 g/mol. The lowest BCUT2D eigenvalue weighted by Gasteiger charge is -2.16. The molecule has 5 nitrogen and oxygen atoms in total. The maximum absolute atomic E-state index is 11.5. The average molecular weight is 234 g/mol. The van der Waals surface area contributed by atoms with Crippen LogP contribution in [0.1, 0.15) is 22.8 Å². The minimum Gasteiger partial charge on any atom is -0.465 e. The first kappa shape index (κ1) is 13.0. The van der Waals surface area contributed by atoms with Gasteiger partial charge in [0, 0.05) is 6.04 Å². The molecule has 0 fully saturated rings. The average Bonchev–Trinajstić information content (AvgIpc) is 2.37. The highest BCUT2D eigenvalue weighted by Gasteiger charge is 2.16. The molecule has 90 valence electrons. The number of nitriles is 1. The zero-order valence-corrected chi connectivity index (χ0v) is 9.73. The molecule has 2 N–H and O–H groups in total. The van der Waals surface area contributed by atoms with Crippen molar-refractivity contribution in [1.29, 1.82) is 5.26 Å². The molecule has 0 unspecified atom stereocenters. The zero-order chi connectivity index (χ0) is 12.8. The standard InChI is InChI=1S/C12H14N2O3/c1-8(7-15)14-11-9(6-13)4-3-5-10(11)12(16)17-2/h3-5,8,14-15H,7H2,1-2H3/t8-/m0/s1. The largest absolute Gasteiger partial charge is 0.465 e. The Morgan fingerprint density at radius 1 is 1.65 bits per heavy atom. The van der Waals surface area contributed by atoms with Crippen molar-refractivity contribution in [3.05, 3.63) is 29.3 Å². The lowest BCUT2D eigenvalue weighted by Crippen LogP contribution is -2.22. The molecule has 1 aromatic rings. The van der Waals surface area contributed by atoms with Gasteiger partial charge in [-0.05, 0) is 19.1 Å². The van der Waals surface area contributed by atoms with Crippen molar-refractivity contribution in [1.82, 2.24) is 0 Å². The van der Waals surface area contributed by atoms with Crippen LogP contribution < -0.4 is 5.32 Å². The van der Waals surface area contributed by atoms with Gasteiger partial charge in [-0.3, -0.25) is 0 Å². The summed E-state index contributed by atoms with van der Waals surface area (Å²) in [6.45, 7) is 1.65. The number of nitrogens with zero attached hydrogens (tertiary/aromatic N) is 1. The minimum atomic E-state index is -0.519. The van der Waals surface area contributed by atoms with Crippen LogP contribution in [0, 0.1) is 11.3 Å². The quantitative estimate of drug-likeness (QED) is 0.763. The molecule has 0 spiro atoms. The number of anilines is 1. The maximum Gasteiger partial charge on any atom is 0.340 e. The van der Waals surface area contributed by atoms with E-state index >= 15 is 0 Å². The molecule has 0 heterocycles. The number of hydrogen-bond donors (Lipinski definition) is 2. The Hall–Kier alpha value is -2.06. The predicted molar refractivity (Wildman–Crippen MR) is 62.7 cm³/mol. The summed E-state index contributed by atoms with van der Waals surface area (Å²) in [4.78, 5) is 11.5. The number of rotatable bonds is 4. The highest BCUT2D eigenvalue weighted by atomic mass is 16.5. The topological polar surface area (TPSA) is 82.4 Å². The summed E-state index contributed by atoms with van der Waals surface area (Å²) in [5.41, 5.74) is 1.02. The van der Waals surface area contributed by atoms with Crippen molar-refractivity contribution in [2.24, 2.45) is 0 Å². The molecular formula is C12H14N2O3. The number of para-hydroxylation sites is 1. The van der Waals surface area contributed by atoms with Crippen molar-refractivity contribution in [3.63, 3.8) is 0 Å².